The van der Waals surface area contributed by atoms with E-state index in [1.165, 1.54) is 7.11 Å². The maximum Gasteiger partial charge on any atom is 0.341 e. The van der Waals surface area contributed by atoms with Crippen molar-refractivity contribution in [2.24, 2.45) is 0 Å². The van der Waals surface area contributed by atoms with Crippen LogP contribution in [0.5, 0.6) is 5.75 Å². The van der Waals surface area contributed by atoms with Gasteiger partial charge in [-0.1, -0.05) is 97.1 Å². The standard InChI is InChI=1S/C31H27NO3/c1-34-27-20-18-26(19-21-27)32-29(24-14-8-4-9-15-24)22-28(23-12-6-3-7-13-23)31(32,30(33)35-2)25-16-10-5-11-17-25/h3-22,29H,1-2H3. The highest BCUT2D eigenvalue weighted by Crippen LogP contribution is 2.54. The first-order valence-corrected chi connectivity index (χ1v) is 11.6. The number of anilines is 1. The largest absolute Gasteiger partial charge is 0.497 e. The molecule has 0 saturated carbocycles. The molecule has 0 radical (unpaired) electrons. The van der Waals surface area contributed by atoms with Crippen molar-refractivity contribution < 1.29 is 14.3 Å². The van der Waals surface area contributed by atoms with Gasteiger partial charge in [0.15, 0.2) is 5.54 Å². The normalized spacial score (nSPS) is 19.2. The number of methoxy groups -OCH3 is 2. The first kappa shape index (κ1) is 22.5. The monoisotopic (exact) mass is 461 g/mol. The Hall–Kier alpha value is -4.31. The summed E-state index contributed by atoms with van der Waals surface area (Å²) in [7, 11) is 3.10. The molecule has 35 heavy (non-hydrogen) atoms. The summed E-state index contributed by atoms with van der Waals surface area (Å²) >= 11 is 0. The van der Waals surface area contributed by atoms with E-state index < -0.39 is 5.54 Å². The fourth-order valence-electron chi connectivity index (χ4n) is 5.05. The lowest BCUT2D eigenvalue weighted by Gasteiger charge is -2.43. The Bertz CT molecular complexity index is 1320. The van der Waals surface area contributed by atoms with Gasteiger partial charge in [-0.3, -0.25) is 0 Å². The summed E-state index contributed by atoms with van der Waals surface area (Å²) < 4.78 is 11.0. The lowest BCUT2D eigenvalue weighted by molar-refractivity contribution is -0.145. The Balaban J connectivity index is 1.85. The number of hydrogen-bond acceptors (Lipinski definition) is 4. The highest BCUT2D eigenvalue weighted by atomic mass is 16.5. The SMILES string of the molecule is COC(=O)C1(c2ccccc2)C(c2ccccc2)=CC(c2ccccc2)N1c1ccc(OC)cc1. The van der Waals surface area contributed by atoms with Gasteiger partial charge in [0.05, 0.1) is 20.3 Å². The van der Waals surface area contributed by atoms with Gasteiger partial charge in [-0.2, -0.15) is 0 Å². The summed E-state index contributed by atoms with van der Waals surface area (Å²) in [6.45, 7) is 0. The third kappa shape index (κ3) is 3.77. The van der Waals surface area contributed by atoms with Crippen LogP contribution in [0.3, 0.4) is 0 Å². The number of rotatable bonds is 6. The summed E-state index contributed by atoms with van der Waals surface area (Å²) in [6, 6.07) is 37.8. The lowest BCUT2D eigenvalue weighted by atomic mass is 9.79. The molecule has 0 amide bonds. The topological polar surface area (TPSA) is 38.8 Å². The first-order valence-electron chi connectivity index (χ1n) is 11.6. The summed E-state index contributed by atoms with van der Waals surface area (Å²) in [6.07, 6.45) is 2.19. The van der Waals surface area contributed by atoms with E-state index in [9.17, 15) is 4.79 Å². The molecule has 1 heterocycles. The van der Waals surface area contributed by atoms with E-state index in [1.54, 1.807) is 7.11 Å². The number of carbonyl (C=O) groups excluding carboxylic acids is 1. The Morgan fingerprint density at radius 3 is 1.89 bits per heavy atom. The van der Waals surface area contributed by atoms with Crippen molar-refractivity contribution in [1.82, 2.24) is 0 Å². The molecule has 0 saturated heterocycles. The maximum atomic E-state index is 14.1. The number of ether oxygens (including phenoxy) is 2. The third-order valence-corrected chi connectivity index (χ3v) is 6.60. The van der Waals surface area contributed by atoms with E-state index in [1.807, 2.05) is 103 Å². The molecular weight excluding hydrogens is 434 g/mol. The molecule has 0 N–H and O–H groups in total. The molecule has 4 aromatic rings. The molecule has 0 spiro atoms. The van der Waals surface area contributed by atoms with Crippen LogP contribution in [-0.2, 0) is 15.1 Å². The minimum absolute atomic E-state index is 0.209. The zero-order valence-corrected chi connectivity index (χ0v) is 19.8. The molecule has 5 rings (SSSR count). The van der Waals surface area contributed by atoms with Crippen LogP contribution in [0.15, 0.2) is 121 Å². The van der Waals surface area contributed by atoms with Crippen LogP contribution in [0.4, 0.5) is 5.69 Å². The van der Waals surface area contributed by atoms with Crippen molar-refractivity contribution in [3.8, 4) is 5.75 Å². The van der Waals surface area contributed by atoms with Crippen molar-refractivity contribution in [2.75, 3.05) is 19.1 Å². The van der Waals surface area contributed by atoms with Crippen LogP contribution in [0.1, 0.15) is 22.7 Å². The molecule has 0 bridgehead atoms. The average molecular weight is 462 g/mol. The summed E-state index contributed by atoms with van der Waals surface area (Å²) in [5.41, 5.74) is 3.47. The zero-order chi connectivity index (χ0) is 24.3. The van der Waals surface area contributed by atoms with Crippen LogP contribution < -0.4 is 9.64 Å². The molecule has 1 aliphatic rings. The third-order valence-electron chi connectivity index (χ3n) is 6.60. The highest BCUT2D eigenvalue weighted by molar-refractivity contribution is 6.05. The van der Waals surface area contributed by atoms with Crippen molar-refractivity contribution in [3.05, 3.63) is 138 Å². The van der Waals surface area contributed by atoms with E-state index >= 15 is 0 Å². The van der Waals surface area contributed by atoms with Gasteiger partial charge >= 0.3 is 5.97 Å². The first-order chi connectivity index (χ1) is 17.2. The fourth-order valence-corrected chi connectivity index (χ4v) is 5.05. The predicted octanol–water partition coefficient (Wildman–Crippen LogP) is 6.41. The van der Waals surface area contributed by atoms with E-state index in [2.05, 4.69) is 23.1 Å². The quantitative estimate of drug-likeness (QED) is 0.311. The van der Waals surface area contributed by atoms with Gasteiger partial charge in [0.25, 0.3) is 0 Å². The second-order valence-electron chi connectivity index (χ2n) is 8.44. The van der Waals surface area contributed by atoms with Gasteiger partial charge in [-0.15, -0.1) is 0 Å². The molecule has 0 aromatic heterocycles. The number of benzene rings is 4. The average Bonchev–Trinajstić information content (AvgIpc) is 3.31. The second-order valence-corrected chi connectivity index (χ2v) is 8.44. The molecule has 174 valence electrons. The highest BCUT2D eigenvalue weighted by Gasteiger charge is 2.56. The van der Waals surface area contributed by atoms with Crippen LogP contribution >= 0.6 is 0 Å². The van der Waals surface area contributed by atoms with Gasteiger partial charge in [-0.05, 0) is 46.5 Å². The zero-order valence-electron chi connectivity index (χ0n) is 19.8. The van der Waals surface area contributed by atoms with Gasteiger partial charge < -0.3 is 14.4 Å². The smallest absolute Gasteiger partial charge is 0.341 e. The molecule has 0 fully saturated rings. The minimum atomic E-state index is -1.20. The number of carbonyl (C=O) groups is 1. The van der Waals surface area contributed by atoms with Crippen molar-refractivity contribution >= 4 is 17.2 Å². The van der Waals surface area contributed by atoms with E-state index in [-0.39, 0.29) is 12.0 Å². The van der Waals surface area contributed by atoms with Crippen LogP contribution in [-0.4, -0.2) is 20.2 Å². The van der Waals surface area contributed by atoms with Gasteiger partial charge in [0.2, 0.25) is 0 Å². The van der Waals surface area contributed by atoms with Crippen LogP contribution in [0, 0.1) is 0 Å². The molecule has 2 atom stereocenters. The van der Waals surface area contributed by atoms with E-state index in [0.29, 0.717) is 0 Å². The molecule has 4 nitrogen and oxygen atoms in total. The molecule has 4 aromatic carbocycles. The fraction of sp³-hybridized carbons (Fsp3) is 0.129. The number of esters is 1. The van der Waals surface area contributed by atoms with Crippen LogP contribution in [0.2, 0.25) is 0 Å². The Morgan fingerprint density at radius 2 is 1.31 bits per heavy atom. The Labute approximate surface area is 206 Å². The second kappa shape index (κ2) is 9.51. The van der Waals surface area contributed by atoms with Crippen molar-refractivity contribution in [1.29, 1.82) is 0 Å². The molecule has 1 aliphatic heterocycles. The lowest BCUT2D eigenvalue weighted by Crippen LogP contribution is -2.51. The molecule has 4 heteroatoms. The number of nitrogens with zero attached hydrogens (tertiary/aromatic N) is 1. The summed E-state index contributed by atoms with van der Waals surface area (Å²) in [4.78, 5) is 16.2. The minimum Gasteiger partial charge on any atom is -0.497 e. The Kier molecular flexibility index (Phi) is 6.11. The van der Waals surface area contributed by atoms with Gasteiger partial charge in [0, 0.05) is 5.69 Å². The predicted molar refractivity (Wildman–Crippen MR) is 139 cm³/mol. The number of hydrogen-bond donors (Lipinski definition) is 0. The van der Waals surface area contributed by atoms with Crippen LogP contribution in [0.25, 0.3) is 5.57 Å². The van der Waals surface area contributed by atoms with E-state index in [0.717, 1.165) is 33.7 Å². The Morgan fingerprint density at radius 1 is 0.743 bits per heavy atom. The van der Waals surface area contributed by atoms with Crippen molar-refractivity contribution in [3.63, 3.8) is 0 Å². The summed E-state index contributed by atoms with van der Waals surface area (Å²) in [5.74, 6) is 0.414. The summed E-state index contributed by atoms with van der Waals surface area (Å²) in [5, 5.41) is 0. The van der Waals surface area contributed by atoms with E-state index in [4.69, 9.17) is 9.47 Å². The van der Waals surface area contributed by atoms with Gasteiger partial charge in [-0.25, -0.2) is 4.79 Å². The molecule has 0 aliphatic carbocycles. The van der Waals surface area contributed by atoms with Crippen molar-refractivity contribution in [2.45, 2.75) is 11.6 Å². The molecule has 2 unspecified atom stereocenters. The molecular formula is C31H27NO3. The van der Waals surface area contributed by atoms with Gasteiger partial charge in [0.1, 0.15) is 5.75 Å². The maximum absolute atomic E-state index is 14.1.